The summed E-state index contributed by atoms with van der Waals surface area (Å²) in [4.78, 5) is 15.7. The molecule has 0 spiro atoms. The first-order valence-corrected chi connectivity index (χ1v) is 8.59. The molecule has 8 heteroatoms. The minimum Gasteiger partial charge on any atom is -0.454 e. The molecule has 144 valence electrons. The van der Waals surface area contributed by atoms with E-state index in [9.17, 15) is 14.3 Å². The summed E-state index contributed by atoms with van der Waals surface area (Å²) in [6.07, 6.45) is -1.17. The molecule has 1 heterocycles. The molecule has 0 saturated heterocycles. The number of carbonyl (C=O) groups is 1. The Hall–Kier alpha value is -3.00. The highest BCUT2D eigenvalue weighted by Crippen LogP contribution is 2.29. The number of nitrogens with two attached hydrogens (primary N) is 1. The zero-order valence-corrected chi connectivity index (χ0v) is 15.2. The molecule has 0 aliphatic carbocycles. The topological polar surface area (TPSA) is 106 Å². The predicted molar refractivity (Wildman–Crippen MR) is 102 cm³/mol. The van der Waals surface area contributed by atoms with Crippen LogP contribution in [0.2, 0.25) is 5.02 Å². The number of primary amides is 1. The zero-order chi connectivity index (χ0) is 20.3. The summed E-state index contributed by atoms with van der Waals surface area (Å²) in [5.41, 5.74) is 6.54. The third-order valence-corrected chi connectivity index (χ3v) is 4.16. The van der Waals surface area contributed by atoms with Crippen LogP contribution >= 0.6 is 11.6 Å². The number of hydrogen-bond donors (Lipinski definition) is 3. The first-order valence-electron chi connectivity index (χ1n) is 8.21. The van der Waals surface area contributed by atoms with Crippen molar-refractivity contribution in [1.29, 1.82) is 0 Å². The van der Waals surface area contributed by atoms with E-state index < -0.39 is 24.4 Å². The second-order valence-electron chi connectivity index (χ2n) is 5.93. The number of aromatic nitrogens is 1. The first-order chi connectivity index (χ1) is 13.4. The van der Waals surface area contributed by atoms with Crippen molar-refractivity contribution in [2.75, 3.05) is 6.61 Å². The number of hydrogen-bond acceptors (Lipinski definition) is 5. The van der Waals surface area contributed by atoms with Crippen molar-refractivity contribution in [1.82, 2.24) is 4.98 Å². The number of pyridine rings is 1. The highest BCUT2D eigenvalue weighted by molar-refractivity contribution is 6.30. The van der Waals surface area contributed by atoms with Crippen molar-refractivity contribution in [2.45, 2.75) is 6.10 Å². The number of amides is 1. The molecule has 0 fully saturated rings. The zero-order valence-electron chi connectivity index (χ0n) is 14.5. The average Bonchev–Trinajstić information content (AvgIpc) is 2.70. The van der Waals surface area contributed by atoms with Gasteiger partial charge in [-0.15, -0.1) is 0 Å². The summed E-state index contributed by atoms with van der Waals surface area (Å²) in [5.74, 6) is -0.953. The van der Waals surface area contributed by atoms with Crippen LogP contribution in [-0.2, 0) is 0 Å². The number of aliphatic hydroxyl groups is 2. The second kappa shape index (κ2) is 8.35. The lowest BCUT2D eigenvalue weighted by molar-refractivity contribution is 0.0948. The molecule has 0 unspecified atom stereocenters. The van der Waals surface area contributed by atoms with E-state index in [-0.39, 0.29) is 11.4 Å². The van der Waals surface area contributed by atoms with Gasteiger partial charge in [-0.2, -0.15) is 0 Å². The standard InChI is InChI=1S/C20H16ClFN2O4/c21-13-3-6-15(22)19(9-13)28-14-4-1-11(2-5-14)16-7-12(18(26)10-25)8-17(24-16)20(23)27/h1-9,18,25-26H,10H2,(H2,23,27)/t18-/m0/s1. The Morgan fingerprint density at radius 2 is 1.89 bits per heavy atom. The van der Waals surface area contributed by atoms with Crippen molar-refractivity contribution < 1.29 is 24.1 Å². The lowest BCUT2D eigenvalue weighted by Crippen LogP contribution is -2.15. The Kier molecular flexibility index (Phi) is 5.89. The lowest BCUT2D eigenvalue weighted by Gasteiger charge is -2.12. The van der Waals surface area contributed by atoms with Gasteiger partial charge in [0.05, 0.1) is 12.3 Å². The molecule has 1 atom stereocenters. The smallest absolute Gasteiger partial charge is 0.267 e. The van der Waals surface area contributed by atoms with Crippen LogP contribution < -0.4 is 10.5 Å². The third kappa shape index (κ3) is 4.45. The molecule has 3 aromatic rings. The maximum atomic E-state index is 13.8. The summed E-state index contributed by atoms with van der Waals surface area (Å²) in [6, 6.07) is 13.4. The van der Waals surface area contributed by atoms with E-state index in [0.717, 1.165) is 0 Å². The molecule has 3 rings (SSSR count). The summed E-state index contributed by atoms with van der Waals surface area (Å²) in [5, 5.41) is 19.4. The summed E-state index contributed by atoms with van der Waals surface area (Å²) in [7, 11) is 0. The molecular formula is C20H16ClFN2O4. The van der Waals surface area contributed by atoms with E-state index in [1.54, 1.807) is 30.3 Å². The Morgan fingerprint density at radius 3 is 2.54 bits per heavy atom. The van der Waals surface area contributed by atoms with Gasteiger partial charge in [0.15, 0.2) is 11.6 Å². The van der Waals surface area contributed by atoms with Gasteiger partial charge in [-0.3, -0.25) is 4.79 Å². The average molecular weight is 403 g/mol. The van der Waals surface area contributed by atoms with E-state index in [4.69, 9.17) is 27.2 Å². The summed E-state index contributed by atoms with van der Waals surface area (Å²) < 4.78 is 19.3. The molecule has 6 nitrogen and oxygen atoms in total. The lowest BCUT2D eigenvalue weighted by atomic mass is 10.0. The number of aliphatic hydroxyl groups excluding tert-OH is 2. The van der Waals surface area contributed by atoms with E-state index >= 15 is 0 Å². The third-order valence-electron chi connectivity index (χ3n) is 3.93. The Balaban J connectivity index is 1.91. The summed E-state index contributed by atoms with van der Waals surface area (Å²) in [6.45, 7) is -0.514. The fourth-order valence-corrected chi connectivity index (χ4v) is 2.66. The molecule has 4 N–H and O–H groups in total. The van der Waals surface area contributed by atoms with E-state index in [2.05, 4.69) is 4.98 Å². The number of nitrogens with zero attached hydrogens (tertiary/aromatic N) is 1. The van der Waals surface area contributed by atoms with Gasteiger partial charge in [-0.25, -0.2) is 9.37 Å². The maximum absolute atomic E-state index is 13.8. The Bertz CT molecular complexity index is 1010. The van der Waals surface area contributed by atoms with Gasteiger partial charge in [0.25, 0.3) is 5.91 Å². The SMILES string of the molecule is NC(=O)c1cc([C@@H](O)CO)cc(-c2ccc(Oc3cc(Cl)ccc3F)cc2)n1. The molecule has 1 aromatic heterocycles. The number of halogens is 2. The number of rotatable bonds is 6. The van der Waals surface area contributed by atoms with E-state index in [1.165, 1.54) is 24.3 Å². The largest absolute Gasteiger partial charge is 0.454 e. The highest BCUT2D eigenvalue weighted by Gasteiger charge is 2.14. The van der Waals surface area contributed by atoms with Gasteiger partial charge >= 0.3 is 0 Å². The highest BCUT2D eigenvalue weighted by atomic mass is 35.5. The van der Waals surface area contributed by atoms with E-state index in [1.807, 2.05) is 0 Å². The molecule has 0 bridgehead atoms. The van der Waals surface area contributed by atoms with Crippen LogP contribution in [0, 0.1) is 5.82 Å². The Morgan fingerprint density at radius 1 is 1.18 bits per heavy atom. The van der Waals surface area contributed by atoms with Gasteiger partial charge in [0.2, 0.25) is 0 Å². The van der Waals surface area contributed by atoms with Gasteiger partial charge < -0.3 is 20.7 Å². The van der Waals surface area contributed by atoms with Crippen molar-refractivity contribution in [2.24, 2.45) is 5.73 Å². The predicted octanol–water partition coefficient (Wildman–Crippen LogP) is 3.46. The van der Waals surface area contributed by atoms with Crippen LogP contribution in [0.15, 0.2) is 54.6 Å². The van der Waals surface area contributed by atoms with Crippen LogP contribution in [0.3, 0.4) is 0 Å². The molecule has 0 aliphatic rings. The van der Waals surface area contributed by atoms with Crippen molar-refractivity contribution in [3.8, 4) is 22.8 Å². The quantitative estimate of drug-likeness (QED) is 0.585. The van der Waals surface area contributed by atoms with Crippen LogP contribution in [0.25, 0.3) is 11.3 Å². The van der Waals surface area contributed by atoms with Gasteiger partial charge in [0.1, 0.15) is 17.5 Å². The van der Waals surface area contributed by atoms with Crippen molar-refractivity contribution in [3.05, 3.63) is 76.7 Å². The van der Waals surface area contributed by atoms with Crippen LogP contribution in [0.4, 0.5) is 4.39 Å². The molecule has 28 heavy (non-hydrogen) atoms. The molecule has 0 saturated carbocycles. The van der Waals surface area contributed by atoms with Gasteiger partial charge in [0, 0.05) is 16.7 Å². The molecule has 1 amide bonds. The monoisotopic (exact) mass is 402 g/mol. The minimum atomic E-state index is -1.17. The van der Waals surface area contributed by atoms with Gasteiger partial charge in [-0.1, -0.05) is 11.6 Å². The number of carbonyl (C=O) groups excluding carboxylic acids is 1. The normalized spacial score (nSPS) is 11.9. The minimum absolute atomic E-state index is 0.0116. The fraction of sp³-hybridized carbons (Fsp3) is 0.100. The second-order valence-corrected chi connectivity index (χ2v) is 6.37. The van der Waals surface area contributed by atoms with Crippen LogP contribution in [-0.4, -0.2) is 27.7 Å². The fourth-order valence-electron chi connectivity index (χ4n) is 2.50. The van der Waals surface area contributed by atoms with Crippen LogP contribution in [0.1, 0.15) is 22.2 Å². The molecule has 2 aromatic carbocycles. The molecule has 0 aliphatic heterocycles. The maximum Gasteiger partial charge on any atom is 0.267 e. The van der Waals surface area contributed by atoms with Crippen LogP contribution in [0.5, 0.6) is 11.5 Å². The van der Waals surface area contributed by atoms with Gasteiger partial charge in [-0.05, 0) is 54.1 Å². The Labute approximate surface area is 165 Å². The summed E-state index contributed by atoms with van der Waals surface area (Å²) >= 11 is 5.85. The molecular weight excluding hydrogens is 387 g/mol. The van der Waals surface area contributed by atoms with Crippen molar-refractivity contribution >= 4 is 17.5 Å². The van der Waals surface area contributed by atoms with E-state index in [0.29, 0.717) is 27.6 Å². The van der Waals surface area contributed by atoms with Crippen molar-refractivity contribution in [3.63, 3.8) is 0 Å². The number of ether oxygens (including phenoxy) is 1. The first kappa shape index (κ1) is 19.8. The number of benzene rings is 2. The molecule has 0 radical (unpaired) electrons.